The van der Waals surface area contributed by atoms with E-state index in [0.717, 1.165) is 29.6 Å². The quantitative estimate of drug-likeness (QED) is 0.782. The van der Waals surface area contributed by atoms with Crippen molar-refractivity contribution < 1.29 is 0 Å². The van der Waals surface area contributed by atoms with Crippen molar-refractivity contribution in [3.63, 3.8) is 0 Å². The molecule has 0 spiro atoms. The lowest BCUT2D eigenvalue weighted by Crippen LogP contribution is -1.96. The third-order valence-corrected chi connectivity index (χ3v) is 2.65. The first-order valence-electron chi connectivity index (χ1n) is 5.93. The molecule has 0 atom stereocenters. The third kappa shape index (κ3) is 2.38. The van der Waals surface area contributed by atoms with Crippen LogP contribution in [0.25, 0.3) is 10.9 Å². The van der Waals surface area contributed by atoms with Crippen LogP contribution in [0.15, 0.2) is 24.4 Å². The second-order valence-electron chi connectivity index (χ2n) is 4.63. The van der Waals surface area contributed by atoms with Gasteiger partial charge in [0.1, 0.15) is 5.82 Å². The molecule has 0 saturated heterocycles. The maximum Gasteiger partial charge on any atom is 0.128 e. The Kier molecular flexibility index (Phi) is 3.18. The van der Waals surface area contributed by atoms with E-state index >= 15 is 0 Å². The Bertz CT molecular complexity index is 489. The highest BCUT2D eigenvalue weighted by Gasteiger charge is 2.02. The van der Waals surface area contributed by atoms with Crippen LogP contribution >= 0.6 is 0 Å². The summed E-state index contributed by atoms with van der Waals surface area (Å²) in [6.07, 6.45) is 3.94. The van der Waals surface area contributed by atoms with Crippen molar-refractivity contribution in [2.24, 2.45) is 5.92 Å². The van der Waals surface area contributed by atoms with Crippen LogP contribution < -0.4 is 0 Å². The molecule has 84 valence electrons. The van der Waals surface area contributed by atoms with E-state index in [4.69, 9.17) is 0 Å². The number of benzene rings is 1. The van der Waals surface area contributed by atoms with Gasteiger partial charge in [-0.05, 0) is 30.0 Å². The van der Waals surface area contributed by atoms with E-state index in [9.17, 15) is 0 Å². The molecule has 0 saturated carbocycles. The summed E-state index contributed by atoms with van der Waals surface area (Å²) in [5.41, 5.74) is 2.43. The normalized spacial score (nSPS) is 11.2. The average molecular weight is 214 g/mol. The van der Waals surface area contributed by atoms with Crippen molar-refractivity contribution in [2.75, 3.05) is 0 Å². The molecule has 2 aromatic rings. The first kappa shape index (κ1) is 11.1. The van der Waals surface area contributed by atoms with Gasteiger partial charge < -0.3 is 0 Å². The second kappa shape index (κ2) is 4.60. The van der Waals surface area contributed by atoms with Gasteiger partial charge in [-0.2, -0.15) is 0 Å². The summed E-state index contributed by atoms with van der Waals surface area (Å²) in [4.78, 5) is 8.84. The van der Waals surface area contributed by atoms with Crippen LogP contribution in [-0.2, 0) is 12.8 Å². The zero-order valence-corrected chi connectivity index (χ0v) is 10.2. The summed E-state index contributed by atoms with van der Waals surface area (Å²) in [5.74, 6) is 1.61. The fraction of sp³-hybridized carbons (Fsp3) is 0.429. The predicted octanol–water partition coefficient (Wildman–Crippen LogP) is 3.39. The molecule has 0 aliphatic heterocycles. The number of hydrogen-bond acceptors (Lipinski definition) is 2. The second-order valence-corrected chi connectivity index (χ2v) is 4.63. The molecule has 0 N–H and O–H groups in total. The zero-order chi connectivity index (χ0) is 11.5. The lowest BCUT2D eigenvalue weighted by Gasteiger charge is -2.06. The summed E-state index contributed by atoms with van der Waals surface area (Å²) in [6, 6.07) is 6.48. The molecule has 1 aromatic heterocycles. The lowest BCUT2D eigenvalue weighted by molar-refractivity contribution is 0.648. The van der Waals surface area contributed by atoms with Gasteiger partial charge in [-0.1, -0.05) is 26.8 Å². The van der Waals surface area contributed by atoms with Gasteiger partial charge in [0, 0.05) is 18.0 Å². The van der Waals surface area contributed by atoms with Crippen LogP contribution in [0.1, 0.15) is 32.2 Å². The molecule has 0 aliphatic rings. The molecule has 0 aliphatic carbocycles. The molecule has 0 amide bonds. The summed E-state index contributed by atoms with van der Waals surface area (Å²) in [6.45, 7) is 6.55. The largest absolute Gasteiger partial charge is 0.241 e. The summed E-state index contributed by atoms with van der Waals surface area (Å²) < 4.78 is 0. The lowest BCUT2D eigenvalue weighted by atomic mass is 10.0. The van der Waals surface area contributed by atoms with Crippen molar-refractivity contribution in [2.45, 2.75) is 33.6 Å². The third-order valence-electron chi connectivity index (χ3n) is 2.65. The molecule has 0 fully saturated rings. The monoisotopic (exact) mass is 214 g/mol. The zero-order valence-electron chi connectivity index (χ0n) is 10.2. The Hall–Kier alpha value is -1.44. The van der Waals surface area contributed by atoms with E-state index in [0.29, 0.717) is 5.92 Å². The topological polar surface area (TPSA) is 25.8 Å². The highest BCUT2D eigenvalue weighted by Crippen LogP contribution is 2.16. The van der Waals surface area contributed by atoms with E-state index in [1.165, 1.54) is 5.56 Å². The smallest absolute Gasteiger partial charge is 0.128 e. The molecular formula is C14H18N2. The van der Waals surface area contributed by atoms with E-state index in [1.54, 1.807) is 0 Å². The van der Waals surface area contributed by atoms with Crippen molar-refractivity contribution in [3.8, 4) is 0 Å². The van der Waals surface area contributed by atoms with E-state index < -0.39 is 0 Å². The number of rotatable bonds is 3. The molecule has 2 heteroatoms. The Morgan fingerprint density at radius 1 is 1.25 bits per heavy atom. The van der Waals surface area contributed by atoms with Crippen molar-refractivity contribution in [3.05, 3.63) is 35.8 Å². The number of fused-ring (bicyclic) bond motifs is 1. The summed E-state index contributed by atoms with van der Waals surface area (Å²) in [7, 11) is 0. The van der Waals surface area contributed by atoms with Gasteiger partial charge in [-0.3, -0.25) is 0 Å². The molecular weight excluding hydrogens is 196 g/mol. The molecule has 2 nitrogen and oxygen atoms in total. The number of aryl methyl sites for hydroxylation is 1. The molecule has 1 aromatic carbocycles. The molecule has 0 unspecified atom stereocenters. The summed E-state index contributed by atoms with van der Waals surface area (Å²) in [5, 5.41) is 1.15. The van der Waals surface area contributed by atoms with Crippen LogP contribution in [0.2, 0.25) is 0 Å². The van der Waals surface area contributed by atoms with Crippen LogP contribution in [0.5, 0.6) is 0 Å². The standard InChI is InChI=1S/C14H18N2/c1-4-14-15-9-12-8-11(7-10(2)3)5-6-13(12)16-14/h5-6,8-10H,4,7H2,1-3H3. The van der Waals surface area contributed by atoms with Gasteiger partial charge in [-0.15, -0.1) is 0 Å². The van der Waals surface area contributed by atoms with Gasteiger partial charge in [0.05, 0.1) is 5.52 Å². The van der Waals surface area contributed by atoms with Crippen LogP contribution in [0.3, 0.4) is 0 Å². The van der Waals surface area contributed by atoms with Crippen LogP contribution in [-0.4, -0.2) is 9.97 Å². The maximum atomic E-state index is 4.50. The van der Waals surface area contributed by atoms with Gasteiger partial charge in [0.2, 0.25) is 0 Å². The van der Waals surface area contributed by atoms with E-state index in [2.05, 4.69) is 48.9 Å². The first-order valence-corrected chi connectivity index (χ1v) is 5.93. The van der Waals surface area contributed by atoms with E-state index in [-0.39, 0.29) is 0 Å². The van der Waals surface area contributed by atoms with Crippen molar-refractivity contribution in [1.82, 2.24) is 9.97 Å². The first-order chi connectivity index (χ1) is 7.69. The molecule has 1 heterocycles. The van der Waals surface area contributed by atoms with Crippen molar-refractivity contribution in [1.29, 1.82) is 0 Å². The average Bonchev–Trinajstić information content (AvgIpc) is 2.27. The minimum Gasteiger partial charge on any atom is -0.241 e. The summed E-state index contributed by atoms with van der Waals surface area (Å²) >= 11 is 0. The Balaban J connectivity index is 2.39. The highest BCUT2D eigenvalue weighted by molar-refractivity contribution is 5.78. The minimum absolute atomic E-state index is 0.688. The molecule has 16 heavy (non-hydrogen) atoms. The minimum atomic E-state index is 0.688. The van der Waals surface area contributed by atoms with Gasteiger partial charge in [0.15, 0.2) is 0 Å². The maximum absolute atomic E-state index is 4.50. The fourth-order valence-corrected chi connectivity index (χ4v) is 1.89. The highest BCUT2D eigenvalue weighted by atomic mass is 14.9. The number of aromatic nitrogens is 2. The van der Waals surface area contributed by atoms with Gasteiger partial charge in [0.25, 0.3) is 0 Å². The van der Waals surface area contributed by atoms with Gasteiger partial charge in [-0.25, -0.2) is 9.97 Å². The molecule has 2 rings (SSSR count). The number of hydrogen-bond donors (Lipinski definition) is 0. The molecule has 0 radical (unpaired) electrons. The fourth-order valence-electron chi connectivity index (χ4n) is 1.89. The Morgan fingerprint density at radius 3 is 2.75 bits per heavy atom. The predicted molar refractivity (Wildman–Crippen MR) is 67.5 cm³/mol. The number of nitrogens with zero attached hydrogens (tertiary/aromatic N) is 2. The Labute approximate surface area is 96.7 Å². The van der Waals surface area contributed by atoms with E-state index in [1.807, 2.05) is 6.20 Å². The molecule has 0 bridgehead atoms. The van der Waals surface area contributed by atoms with Gasteiger partial charge >= 0.3 is 0 Å². The van der Waals surface area contributed by atoms with Crippen LogP contribution in [0, 0.1) is 5.92 Å². The SMILES string of the molecule is CCc1ncc2cc(CC(C)C)ccc2n1. The van der Waals surface area contributed by atoms with Crippen molar-refractivity contribution >= 4 is 10.9 Å². The Morgan fingerprint density at radius 2 is 2.06 bits per heavy atom. The van der Waals surface area contributed by atoms with Crippen LogP contribution in [0.4, 0.5) is 0 Å².